The zero-order valence-corrected chi connectivity index (χ0v) is 12.4. The molecule has 0 saturated carbocycles. The van der Waals surface area contributed by atoms with Crippen LogP contribution in [-0.2, 0) is 4.79 Å². The van der Waals surface area contributed by atoms with Crippen LogP contribution in [0.3, 0.4) is 0 Å². The maximum Gasteiger partial charge on any atom is 0.227 e. The Kier molecular flexibility index (Phi) is 4.25. The van der Waals surface area contributed by atoms with Crippen molar-refractivity contribution in [3.05, 3.63) is 29.3 Å². The summed E-state index contributed by atoms with van der Waals surface area (Å²) in [6.07, 6.45) is 1.65. The van der Waals surface area contributed by atoms with Crippen molar-refractivity contribution < 1.29 is 4.79 Å². The first-order chi connectivity index (χ1) is 9.04. The van der Waals surface area contributed by atoms with E-state index in [9.17, 15) is 4.79 Å². The lowest BCUT2D eigenvalue weighted by molar-refractivity contribution is -0.119. The van der Waals surface area contributed by atoms with Crippen LogP contribution in [-0.4, -0.2) is 26.5 Å². The highest BCUT2D eigenvalue weighted by molar-refractivity contribution is 5.96. The van der Waals surface area contributed by atoms with Crippen molar-refractivity contribution in [2.24, 2.45) is 0 Å². The van der Waals surface area contributed by atoms with Crippen LogP contribution in [0.15, 0.2) is 18.2 Å². The molecule has 1 atom stereocenters. The molecular weight excluding hydrogens is 236 g/mol. The Morgan fingerprint density at radius 2 is 2.16 bits per heavy atom. The number of hydrogen-bond acceptors (Lipinski definition) is 2. The van der Waals surface area contributed by atoms with E-state index in [4.69, 9.17) is 0 Å². The third kappa shape index (κ3) is 2.81. The first-order valence-corrected chi connectivity index (χ1v) is 7.09. The fraction of sp³-hybridized carbons (Fsp3) is 0.562. The number of nitrogens with zero attached hydrogens (tertiary/aromatic N) is 1. The monoisotopic (exact) mass is 260 g/mol. The number of benzene rings is 1. The van der Waals surface area contributed by atoms with Gasteiger partial charge in [-0.2, -0.15) is 0 Å². The lowest BCUT2D eigenvalue weighted by Crippen LogP contribution is -2.34. The van der Waals surface area contributed by atoms with Crippen molar-refractivity contribution in [3.63, 3.8) is 0 Å². The summed E-state index contributed by atoms with van der Waals surface area (Å²) in [5, 5.41) is 3.18. The minimum atomic E-state index is 0.228. The van der Waals surface area contributed by atoms with Crippen molar-refractivity contribution >= 4 is 11.6 Å². The highest BCUT2D eigenvalue weighted by Crippen LogP contribution is 2.38. The molecule has 0 bridgehead atoms. The van der Waals surface area contributed by atoms with Crippen molar-refractivity contribution in [3.8, 4) is 0 Å². The molecular formula is C16H24N2O. The number of hydrogen-bond donors (Lipinski definition) is 1. The number of nitrogens with one attached hydrogen (secondary N) is 1. The third-order valence-electron chi connectivity index (χ3n) is 4.06. The molecule has 1 N–H and O–H groups in total. The minimum absolute atomic E-state index is 0.228. The van der Waals surface area contributed by atoms with Gasteiger partial charge in [0.1, 0.15) is 0 Å². The Hall–Kier alpha value is -1.35. The van der Waals surface area contributed by atoms with Crippen LogP contribution in [0.4, 0.5) is 5.69 Å². The van der Waals surface area contributed by atoms with Gasteiger partial charge in [-0.15, -0.1) is 0 Å². The first-order valence-electron chi connectivity index (χ1n) is 7.09. The summed E-state index contributed by atoms with van der Waals surface area (Å²) < 4.78 is 0. The summed E-state index contributed by atoms with van der Waals surface area (Å²) in [7, 11) is 3.84. The highest BCUT2D eigenvalue weighted by Gasteiger charge is 2.29. The molecule has 1 aliphatic heterocycles. The van der Waals surface area contributed by atoms with Gasteiger partial charge in [-0.1, -0.05) is 26.0 Å². The fourth-order valence-electron chi connectivity index (χ4n) is 2.73. The molecule has 1 aromatic carbocycles. The van der Waals surface area contributed by atoms with Crippen LogP contribution in [0.2, 0.25) is 0 Å². The molecule has 3 heteroatoms. The van der Waals surface area contributed by atoms with Gasteiger partial charge in [-0.3, -0.25) is 4.79 Å². The Balaban J connectivity index is 2.39. The smallest absolute Gasteiger partial charge is 0.227 e. The van der Waals surface area contributed by atoms with Gasteiger partial charge in [0.05, 0.1) is 0 Å². The summed E-state index contributed by atoms with van der Waals surface area (Å²) in [5.41, 5.74) is 3.78. The predicted molar refractivity (Wildman–Crippen MR) is 79.8 cm³/mol. The molecule has 1 amide bonds. The molecule has 19 heavy (non-hydrogen) atoms. The Labute approximate surface area is 116 Å². The first kappa shape index (κ1) is 14.1. The van der Waals surface area contributed by atoms with Crippen LogP contribution in [0, 0.1) is 0 Å². The van der Waals surface area contributed by atoms with Gasteiger partial charge in [-0.25, -0.2) is 0 Å². The van der Waals surface area contributed by atoms with E-state index < -0.39 is 0 Å². The fourth-order valence-corrected chi connectivity index (χ4v) is 2.73. The molecule has 1 heterocycles. The topological polar surface area (TPSA) is 32.3 Å². The average molecular weight is 260 g/mol. The van der Waals surface area contributed by atoms with Gasteiger partial charge in [0.2, 0.25) is 5.91 Å². The van der Waals surface area contributed by atoms with E-state index in [0.717, 1.165) is 18.7 Å². The number of carbonyl (C=O) groups is 1. The van der Waals surface area contributed by atoms with E-state index in [2.05, 4.69) is 37.4 Å². The van der Waals surface area contributed by atoms with Gasteiger partial charge < -0.3 is 10.2 Å². The molecule has 0 aromatic heterocycles. The maximum absolute atomic E-state index is 12.1. The van der Waals surface area contributed by atoms with Crippen molar-refractivity contribution in [2.75, 3.05) is 25.5 Å². The highest BCUT2D eigenvalue weighted by atomic mass is 16.2. The van der Waals surface area contributed by atoms with Crippen LogP contribution in [0.1, 0.15) is 49.7 Å². The SMILES string of the molecule is CNCCC1CC(=O)N(C)c2ccc(C(C)C)cc21. The average Bonchev–Trinajstić information content (AvgIpc) is 2.40. The molecule has 1 aliphatic rings. The van der Waals surface area contributed by atoms with Gasteiger partial charge in [0.15, 0.2) is 0 Å². The second kappa shape index (κ2) is 5.74. The van der Waals surface area contributed by atoms with E-state index in [1.807, 2.05) is 14.1 Å². The molecule has 0 spiro atoms. The summed E-state index contributed by atoms with van der Waals surface area (Å²) in [6.45, 7) is 5.37. The molecule has 0 radical (unpaired) electrons. The predicted octanol–water partition coefficient (Wildman–Crippen LogP) is 2.87. The summed E-state index contributed by atoms with van der Waals surface area (Å²) in [4.78, 5) is 13.9. The Bertz CT molecular complexity index is 468. The van der Waals surface area contributed by atoms with Crippen molar-refractivity contribution in [2.45, 2.75) is 38.5 Å². The van der Waals surface area contributed by atoms with Crippen LogP contribution in [0.25, 0.3) is 0 Å². The summed E-state index contributed by atoms with van der Waals surface area (Å²) in [6, 6.07) is 6.55. The van der Waals surface area contributed by atoms with E-state index in [-0.39, 0.29) is 5.91 Å². The second-order valence-electron chi connectivity index (χ2n) is 5.72. The van der Waals surface area contributed by atoms with Crippen LogP contribution in [0.5, 0.6) is 0 Å². The molecule has 0 aliphatic carbocycles. The minimum Gasteiger partial charge on any atom is -0.320 e. The molecule has 1 aromatic rings. The van der Waals surface area contributed by atoms with Crippen LogP contribution >= 0.6 is 0 Å². The number of anilines is 1. The molecule has 2 rings (SSSR count). The zero-order valence-electron chi connectivity index (χ0n) is 12.4. The van der Waals surface area contributed by atoms with Crippen molar-refractivity contribution in [1.29, 1.82) is 0 Å². The van der Waals surface area contributed by atoms with Gasteiger partial charge in [0, 0.05) is 19.2 Å². The van der Waals surface area contributed by atoms with E-state index in [1.165, 1.54) is 11.1 Å². The van der Waals surface area contributed by atoms with Gasteiger partial charge in [-0.05, 0) is 49.0 Å². The largest absolute Gasteiger partial charge is 0.320 e. The lowest BCUT2D eigenvalue weighted by Gasteiger charge is -2.32. The van der Waals surface area contributed by atoms with Crippen molar-refractivity contribution in [1.82, 2.24) is 5.32 Å². The molecule has 104 valence electrons. The van der Waals surface area contributed by atoms with E-state index in [0.29, 0.717) is 18.3 Å². The van der Waals surface area contributed by atoms with E-state index >= 15 is 0 Å². The standard InChI is InChI=1S/C16H24N2O/c1-11(2)12-5-6-15-14(9-12)13(7-8-17-3)10-16(19)18(15)4/h5-6,9,11,13,17H,7-8,10H2,1-4H3. The summed E-state index contributed by atoms with van der Waals surface area (Å²) >= 11 is 0. The van der Waals surface area contributed by atoms with Crippen LogP contribution < -0.4 is 10.2 Å². The maximum atomic E-state index is 12.1. The Morgan fingerprint density at radius 1 is 1.42 bits per heavy atom. The normalized spacial score (nSPS) is 18.9. The Morgan fingerprint density at radius 3 is 2.79 bits per heavy atom. The van der Waals surface area contributed by atoms with E-state index in [1.54, 1.807) is 4.90 Å². The number of fused-ring (bicyclic) bond motifs is 1. The summed E-state index contributed by atoms with van der Waals surface area (Å²) in [5.74, 6) is 1.11. The molecule has 0 fully saturated rings. The number of rotatable bonds is 4. The third-order valence-corrected chi connectivity index (χ3v) is 4.06. The molecule has 1 unspecified atom stereocenters. The molecule has 0 saturated heterocycles. The number of carbonyl (C=O) groups excluding carboxylic acids is 1. The van der Waals surface area contributed by atoms with Gasteiger partial charge >= 0.3 is 0 Å². The van der Waals surface area contributed by atoms with Gasteiger partial charge in [0.25, 0.3) is 0 Å². The lowest BCUT2D eigenvalue weighted by atomic mass is 9.85. The second-order valence-corrected chi connectivity index (χ2v) is 5.72. The quantitative estimate of drug-likeness (QED) is 0.903. The number of amides is 1. The zero-order chi connectivity index (χ0) is 14.0. The molecule has 3 nitrogen and oxygen atoms in total.